The molecular weight excluding hydrogens is 508 g/mol. The zero-order valence-electron chi connectivity index (χ0n) is 23.4. The largest absolute Gasteiger partial charge is 0.507 e. The summed E-state index contributed by atoms with van der Waals surface area (Å²) in [4.78, 5) is 30.1. The molecule has 0 spiro atoms. The highest BCUT2D eigenvalue weighted by atomic mass is 16.5. The summed E-state index contributed by atoms with van der Waals surface area (Å²) in [5.74, 6) is -0.828. The normalized spacial score (nSPS) is 16.5. The molecule has 0 bridgehead atoms. The van der Waals surface area contributed by atoms with E-state index in [-0.39, 0.29) is 22.8 Å². The van der Waals surface area contributed by atoms with Crippen LogP contribution in [-0.2, 0) is 16.2 Å². The van der Waals surface area contributed by atoms with Crippen LogP contribution >= 0.6 is 0 Å². The summed E-state index contributed by atoms with van der Waals surface area (Å²) in [6, 6.07) is 18.9. The zero-order valence-corrected chi connectivity index (χ0v) is 23.4. The van der Waals surface area contributed by atoms with Crippen molar-refractivity contribution >= 4 is 17.4 Å². The number of phenolic OH excluding ortho intramolecular Hbond substituents is 1. The van der Waals surface area contributed by atoms with Gasteiger partial charge in [-0.15, -0.1) is 0 Å². The summed E-state index contributed by atoms with van der Waals surface area (Å²) < 4.78 is 11.5. The number of benzene rings is 3. The molecule has 1 fully saturated rings. The summed E-state index contributed by atoms with van der Waals surface area (Å²) >= 11 is 0. The predicted octanol–water partition coefficient (Wildman–Crippen LogP) is 5.05. The number of aliphatic hydroxyl groups is 1. The number of Topliss-reactive ketones (excluding diaryl/α,β-unsaturated/α-hetero) is 1. The van der Waals surface area contributed by atoms with Gasteiger partial charge in [0.1, 0.15) is 18.1 Å². The summed E-state index contributed by atoms with van der Waals surface area (Å²) in [6.45, 7) is 5.43. The molecule has 2 N–H and O–H groups in total. The van der Waals surface area contributed by atoms with Gasteiger partial charge in [-0.3, -0.25) is 9.59 Å². The van der Waals surface area contributed by atoms with Crippen LogP contribution in [0.4, 0.5) is 0 Å². The number of hydrogen-bond acceptors (Lipinski definition) is 7. The van der Waals surface area contributed by atoms with Crippen molar-refractivity contribution in [2.45, 2.75) is 32.9 Å². The standard InChI is InChI=1S/C32H36N2O6/c1-5-39-27-19-23(12-14-25(27)35)29-28(31(37)32(38)34(29)17-9-16-33(3)4)30(36)24-13-15-26(21(2)18-24)40-20-22-10-7-6-8-11-22/h6-8,10-15,18-19,29,35-36H,5,9,16-17,20H2,1-4H3/b30-28+/t29-/m0/s1. The molecule has 0 unspecified atom stereocenters. The van der Waals surface area contributed by atoms with E-state index in [1.165, 1.54) is 11.0 Å². The van der Waals surface area contributed by atoms with Crippen molar-refractivity contribution in [1.82, 2.24) is 9.80 Å². The van der Waals surface area contributed by atoms with Crippen LogP contribution in [0.3, 0.4) is 0 Å². The molecule has 1 saturated heterocycles. The van der Waals surface area contributed by atoms with Crippen molar-refractivity contribution in [2.24, 2.45) is 0 Å². The smallest absolute Gasteiger partial charge is 0.295 e. The van der Waals surface area contributed by atoms with Gasteiger partial charge < -0.3 is 29.5 Å². The van der Waals surface area contributed by atoms with Gasteiger partial charge in [-0.1, -0.05) is 36.4 Å². The van der Waals surface area contributed by atoms with Gasteiger partial charge in [0.2, 0.25) is 0 Å². The van der Waals surface area contributed by atoms with E-state index in [0.29, 0.717) is 43.1 Å². The van der Waals surface area contributed by atoms with Crippen LogP contribution in [0.2, 0.25) is 0 Å². The van der Waals surface area contributed by atoms with E-state index in [1.54, 1.807) is 37.3 Å². The Labute approximate surface area is 235 Å². The number of ketones is 1. The minimum Gasteiger partial charge on any atom is -0.507 e. The van der Waals surface area contributed by atoms with Crippen LogP contribution in [0.1, 0.15) is 41.6 Å². The number of amides is 1. The van der Waals surface area contributed by atoms with Crippen LogP contribution in [-0.4, -0.2) is 65.5 Å². The first-order valence-corrected chi connectivity index (χ1v) is 13.4. The molecular formula is C32H36N2O6. The van der Waals surface area contributed by atoms with E-state index in [1.807, 2.05) is 56.3 Å². The minimum absolute atomic E-state index is 0.000320. The number of aliphatic hydroxyl groups excluding tert-OH is 1. The number of rotatable bonds is 11. The van der Waals surface area contributed by atoms with E-state index in [9.17, 15) is 19.8 Å². The topological polar surface area (TPSA) is 99.5 Å². The van der Waals surface area contributed by atoms with Crippen LogP contribution in [0.5, 0.6) is 17.2 Å². The number of phenols is 1. The molecule has 3 aromatic carbocycles. The molecule has 0 aliphatic carbocycles. The molecule has 1 aliphatic rings. The minimum atomic E-state index is -0.837. The lowest BCUT2D eigenvalue weighted by atomic mass is 9.94. The lowest BCUT2D eigenvalue weighted by Crippen LogP contribution is -2.32. The number of hydrogen-bond donors (Lipinski definition) is 2. The lowest BCUT2D eigenvalue weighted by Gasteiger charge is -2.26. The Morgan fingerprint density at radius 2 is 1.73 bits per heavy atom. The number of carbonyl (C=O) groups is 2. The third kappa shape index (κ3) is 6.29. The Morgan fingerprint density at radius 1 is 0.975 bits per heavy atom. The fourth-order valence-corrected chi connectivity index (χ4v) is 4.84. The van der Waals surface area contributed by atoms with Gasteiger partial charge in [0.05, 0.1) is 18.2 Å². The number of ether oxygens (including phenoxy) is 2. The lowest BCUT2D eigenvalue weighted by molar-refractivity contribution is -0.139. The molecule has 1 amide bonds. The fraction of sp³-hybridized carbons (Fsp3) is 0.312. The second-order valence-corrected chi connectivity index (χ2v) is 10.1. The van der Waals surface area contributed by atoms with E-state index in [2.05, 4.69) is 0 Å². The monoisotopic (exact) mass is 544 g/mol. The second-order valence-electron chi connectivity index (χ2n) is 10.1. The van der Waals surface area contributed by atoms with Crippen molar-refractivity contribution < 1.29 is 29.3 Å². The quantitative estimate of drug-likeness (QED) is 0.198. The number of carbonyl (C=O) groups excluding carboxylic acids is 2. The Hall–Kier alpha value is -4.30. The Kier molecular flexibility index (Phi) is 9.11. The number of aromatic hydroxyl groups is 1. The van der Waals surface area contributed by atoms with E-state index >= 15 is 0 Å². The first kappa shape index (κ1) is 28.7. The van der Waals surface area contributed by atoms with Gasteiger partial charge in [-0.2, -0.15) is 0 Å². The molecule has 8 heteroatoms. The predicted molar refractivity (Wildman–Crippen MR) is 153 cm³/mol. The maximum absolute atomic E-state index is 13.4. The third-order valence-corrected chi connectivity index (χ3v) is 6.83. The molecule has 210 valence electrons. The first-order chi connectivity index (χ1) is 19.2. The highest BCUT2D eigenvalue weighted by molar-refractivity contribution is 6.46. The molecule has 1 heterocycles. The van der Waals surface area contributed by atoms with Crippen molar-refractivity contribution in [3.63, 3.8) is 0 Å². The van der Waals surface area contributed by atoms with Gasteiger partial charge >= 0.3 is 0 Å². The van der Waals surface area contributed by atoms with Gasteiger partial charge in [-0.05, 0) is 87.9 Å². The Balaban J connectivity index is 1.72. The Morgan fingerprint density at radius 3 is 2.40 bits per heavy atom. The molecule has 4 rings (SSSR count). The average Bonchev–Trinajstić information content (AvgIpc) is 3.18. The highest BCUT2D eigenvalue weighted by Gasteiger charge is 2.46. The third-order valence-electron chi connectivity index (χ3n) is 6.83. The van der Waals surface area contributed by atoms with Crippen molar-refractivity contribution in [3.05, 3.63) is 94.6 Å². The van der Waals surface area contributed by atoms with Crippen molar-refractivity contribution in [3.8, 4) is 17.2 Å². The van der Waals surface area contributed by atoms with Crippen molar-refractivity contribution in [2.75, 3.05) is 33.8 Å². The number of aryl methyl sites for hydroxylation is 1. The van der Waals surface area contributed by atoms with Crippen molar-refractivity contribution in [1.29, 1.82) is 0 Å². The molecule has 1 aliphatic heterocycles. The van der Waals surface area contributed by atoms with Crippen LogP contribution in [0.25, 0.3) is 5.76 Å². The van der Waals surface area contributed by atoms with Gasteiger partial charge in [-0.25, -0.2) is 0 Å². The summed E-state index contributed by atoms with van der Waals surface area (Å²) in [5.41, 5.74) is 2.78. The fourth-order valence-electron chi connectivity index (χ4n) is 4.84. The maximum Gasteiger partial charge on any atom is 0.295 e. The molecule has 3 aromatic rings. The summed E-state index contributed by atoms with van der Waals surface area (Å²) in [6.07, 6.45) is 0.638. The molecule has 40 heavy (non-hydrogen) atoms. The molecule has 0 radical (unpaired) electrons. The van der Waals surface area contributed by atoms with E-state index in [0.717, 1.165) is 17.7 Å². The summed E-state index contributed by atoms with van der Waals surface area (Å²) in [5, 5.41) is 21.7. The molecule has 0 saturated carbocycles. The van der Waals surface area contributed by atoms with Crippen LogP contribution < -0.4 is 9.47 Å². The van der Waals surface area contributed by atoms with E-state index < -0.39 is 17.7 Å². The SMILES string of the molecule is CCOc1cc([C@H]2/C(=C(\O)c3ccc(OCc4ccccc4)c(C)c3)C(=O)C(=O)N2CCCN(C)C)ccc1O. The van der Waals surface area contributed by atoms with Crippen LogP contribution in [0, 0.1) is 6.92 Å². The second kappa shape index (κ2) is 12.7. The van der Waals surface area contributed by atoms with Gasteiger partial charge in [0, 0.05) is 12.1 Å². The zero-order chi connectivity index (χ0) is 28.8. The molecule has 0 aromatic heterocycles. The molecule has 1 atom stereocenters. The maximum atomic E-state index is 13.4. The average molecular weight is 545 g/mol. The Bertz CT molecular complexity index is 1400. The first-order valence-electron chi connectivity index (χ1n) is 13.4. The van der Waals surface area contributed by atoms with Gasteiger partial charge in [0.25, 0.3) is 11.7 Å². The number of nitrogens with zero attached hydrogens (tertiary/aromatic N) is 2. The summed E-state index contributed by atoms with van der Waals surface area (Å²) in [7, 11) is 3.88. The number of likely N-dealkylation sites (tertiary alicyclic amines) is 1. The highest BCUT2D eigenvalue weighted by Crippen LogP contribution is 2.42. The van der Waals surface area contributed by atoms with E-state index in [4.69, 9.17) is 9.47 Å². The molecule has 8 nitrogen and oxygen atoms in total. The van der Waals surface area contributed by atoms with Gasteiger partial charge in [0.15, 0.2) is 11.5 Å². The van der Waals surface area contributed by atoms with Crippen LogP contribution in [0.15, 0.2) is 72.3 Å².